The minimum atomic E-state index is -0.430. The summed E-state index contributed by atoms with van der Waals surface area (Å²) in [6.07, 6.45) is 2.98. The van der Waals surface area contributed by atoms with Crippen LogP contribution in [0.2, 0.25) is 5.02 Å². The van der Waals surface area contributed by atoms with E-state index in [1.54, 1.807) is 25.3 Å². The quantitative estimate of drug-likeness (QED) is 0.796. The van der Waals surface area contributed by atoms with Gasteiger partial charge in [0.15, 0.2) is 11.6 Å². The second kappa shape index (κ2) is 7.93. The van der Waals surface area contributed by atoms with Crippen LogP contribution in [0, 0.1) is 5.82 Å². The van der Waals surface area contributed by atoms with E-state index in [-0.39, 0.29) is 5.75 Å². The number of pyridine rings is 1. The van der Waals surface area contributed by atoms with Gasteiger partial charge in [-0.3, -0.25) is 4.98 Å². The normalized spacial score (nSPS) is 10.6. The highest BCUT2D eigenvalue weighted by atomic mass is 35.5. The summed E-state index contributed by atoms with van der Waals surface area (Å²) in [6.45, 7) is 1.74. The smallest absolute Gasteiger partial charge is 0.167 e. The molecule has 2 rings (SSSR count). The lowest BCUT2D eigenvalue weighted by molar-refractivity contribution is 0.199. The standard InChI is InChI=1S/C15H16ClFN2O2/c1-20-6-5-18-8-11-3-2-4-14(17)15(11)21-13-7-12(16)9-19-10-13/h2-4,7,9-10,18H,5-6,8H2,1H3. The minimum Gasteiger partial charge on any atom is -0.452 e. The van der Waals surface area contributed by atoms with Gasteiger partial charge in [0, 0.05) is 38.0 Å². The van der Waals surface area contributed by atoms with Crippen molar-refractivity contribution in [3.63, 3.8) is 0 Å². The van der Waals surface area contributed by atoms with Crippen LogP contribution in [0.25, 0.3) is 0 Å². The molecule has 4 nitrogen and oxygen atoms in total. The predicted molar refractivity (Wildman–Crippen MR) is 79.3 cm³/mol. The minimum absolute atomic E-state index is 0.173. The highest BCUT2D eigenvalue weighted by Crippen LogP contribution is 2.29. The first kappa shape index (κ1) is 15.7. The first-order chi connectivity index (χ1) is 10.2. The van der Waals surface area contributed by atoms with Gasteiger partial charge in [-0.25, -0.2) is 4.39 Å². The summed E-state index contributed by atoms with van der Waals surface area (Å²) in [5, 5.41) is 3.59. The SMILES string of the molecule is COCCNCc1cccc(F)c1Oc1cncc(Cl)c1. The first-order valence-electron chi connectivity index (χ1n) is 6.46. The van der Waals surface area contributed by atoms with E-state index >= 15 is 0 Å². The molecule has 0 aliphatic rings. The van der Waals surface area contributed by atoms with Crippen LogP contribution < -0.4 is 10.1 Å². The molecular weight excluding hydrogens is 295 g/mol. The van der Waals surface area contributed by atoms with Crippen molar-refractivity contribution in [1.82, 2.24) is 10.3 Å². The van der Waals surface area contributed by atoms with Gasteiger partial charge >= 0.3 is 0 Å². The Morgan fingerprint density at radius 2 is 2.19 bits per heavy atom. The Bertz CT molecular complexity index is 596. The lowest BCUT2D eigenvalue weighted by Gasteiger charge is -2.12. The highest BCUT2D eigenvalue weighted by molar-refractivity contribution is 6.30. The summed E-state index contributed by atoms with van der Waals surface area (Å²) < 4.78 is 24.5. The third-order valence-electron chi connectivity index (χ3n) is 2.75. The average Bonchev–Trinajstić information content (AvgIpc) is 2.47. The maximum Gasteiger partial charge on any atom is 0.167 e. The number of aromatic nitrogens is 1. The van der Waals surface area contributed by atoms with E-state index in [4.69, 9.17) is 21.1 Å². The van der Waals surface area contributed by atoms with Gasteiger partial charge in [-0.15, -0.1) is 0 Å². The van der Waals surface area contributed by atoms with Crippen molar-refractivity contribution >= 4 is 11.6 Å². The molecule has 0 spiro atoms. The molecule has 0 aliphatic carbocycles. The molecule has 6 heteroatoms. The van der Waals surface area contributed by atoms with Crippen LogP contribution >= 0.6 is 11.6 Å². The molecule has 112 valence electrons. The van der Waals surface area contributed by atoms with E-state index in [0.717, 1.165) is 0 Å². The number of rotatable bonds is 7. The second-order valence-electron chi connectivity index (χ2n) is 4.34. The largest absolute Gasteiger partial charge is 0.452 e. The monoisotopic (exact) mass is 310 g/mol. The summed E-state index contributed by atoms with van der Waals surface area (Å²) in [7, 11) is 1.63. The van der Waals surface area contributed by atoms with E-state index < -0.39 is 5.82 Å². The molecule has 0 atom stereocenters. The number of nitrogens with one attached hydrogen (secondary N) is 1. The molecule has 1 heterocycles. The average molecular weight is 311 g/mol. The fourth-order valence-corrected chi connectivity index (χ4v) is 1.93. The van der Waals surface area contributed by atoms with Crippen LogP contribution in [0.5, 0.6) is 11.5 Å². The molecule has 2 aromatic rings. The number of benzene rings is 1. The maximum atomic E-state index is 14.0. The Balaban J connectivity index is 2.13. The number of halogens is 2. The van der Waals surface area contributed by atoms with Crippen molar-refractivity contribution in [1.29, 1.82) is 0 Å². The summed E-state index contributed by atoms with van der Waals surface area (Å²) in [5.74, 6) is 0.137. The molecule has 1 aromatic carbocycles. The van der Waals surface area contributed by atoms with Gasteiger partial charge in [-0.2, -0.15) is 0 Å². The molecule has 0 amide bonds. The number of hydrogen-bond donors (Lipinski definition) is 1. The van der Waals surface area contributed by atoms with Crippen molar-refractivity contribution in [2.75, 3.05) is 20.3 Å². The van der Waals surface area contributed by atoms with Crippen LogP contribution in [0.4, 0.5) is 4.39 Å². The van der Waals surface area contributed by atoms with Crippen LogP contribution in [-0.2, 0) is 11.3 Å². The molecule has 1 aromatic heterocycles. The van der Waals surface area contributed by atoms with Crippen molar-refractivity contribution in [2.45, 2.75) is 6.54 Å². The highest BCUT2D eigenvalue weighted by Gasteiger charge is 2.11. The van der Waals surface area contributed by atoms with Crippen molar-refractivity contribution in [3.05, 3.63) is 53.1 Å². The fraction of sp³-hybridized carbons (Fsp3) is 0.267. The molecule has 0 aliphatic heterocycles. The van der Waals surface area contributed by atoms with Gasteiger partial charge in [0.2, 0.25) is 0 Å². The zero-order chi connectivity index (χ0) is 15.1. The summed E-state index contributed by atoms with van der Waals surface area (Å²) >= 11 is 5.85. The van der Waals surface area contributed by atoms with Crippen molar-refractivity contribution in [2.24, 2.45) is 0 Å². The molecule has 0 fully saturated rings. The molecule has 0 saturated heterocycles. The number of para-hydroxylation sites is 1. The number of nitrogens with zero attached hydrogens (tertiary/aromatic N) is 1. The summed E-state index contributed by atoms with van der Waals surface area (Å²) in [4.78, 5) is 3.91. The summed E-state index contributed by atoms with van der Waals surface area (Å²) in [6, 6.07) is 6.39. The molecular formula is C15H16ClFN2O2. The third kappa shape index (κ3) is 4.67. The third-order valence-corrected chi connectivity index (χ3v) is 2.95. The molecule has 0 unspecified atom stereocenters. The zero-order valence-corrected chi connectivity index (χ0v) is 12.4. The van der Waals surface area contributed by atoms with E-state index in [0.29, 0.717) is 36.0 Å². The van der Waals surface area contributed by atoms with Gasteiger partial charge in [0.05, 0.1) is 17.8 Å². The van der Waals surface area contributed by atoms with E-state index in [1.807, 2.05) is 0 Å². The maximum absolute atomic E-state index is 14.0. The molecule has 0 radical (unpaired) electrons. The van der Waals surface area contributed by atoms with Gasteiger partial charge in [0.25, 0.3) is 0 Å². The molecule has 21 heavy (non-hydrogen) atoms. The van der Waals surface area contributed by atoms with Crippen molar-refractivity contribution < 1.29 is 13.9 Å². The van der Waals surface area contributed by atoms with Crippen molar-refractivity contribution in [3.8, 4) is 11.5 Å². The fourth-order valence-electron chi connectivity index (χ4n) is 1.77. The summed E-state index contributed by atoms with van der Waals surface area (Å²) in [5.41, 5.74) is 0.714. The van der Waals surface area contributed by atoms with Gasteiger partial charge in [-0.1, -0.05) is 23.7 Å². The lowest BCUT2D eigenvalue weighted by atomic mass is 10.2. The van der Waals surface area contributed by atoms with Crippen LogP contribution in [0.1, 0.15) is 5.56 Å². The number of methoxy groups -OCH3 is 1. The lowest BCUT2D eigenvalue weighted by Crippen LogP contribution is -2.19. The van der Waals surface area contributed by atoms with E-state index in [9.17, 15) is 4.39 Å². The first-order valence-corrected chi connectivity index (χ1v) is 6.84. The van der Waals surface area contributed by atoms with E-state index in [2.05, 4.69) is 10.3 Å². The molecule has 0 bridgehead atoms. The van der Waals surface area contributed by atoms with Crippen LogP contribution in [-0.4, -0.2) is 25.2 Å². The van der Waals surface area contributed by atoms with Gasteiger partial charge in [0.1, 0.15) is 5.75 Å². The van der Waals surface area contributed by atoms with Gasteiger partial charge < -0.3 is 14.8 Å². The Kier molecular flexibility index (Phi) is 5.92. The Hall–Kier alpha value is -1.69. The van der Waals surface area contributed by atoms with Crippen LogP contribution in [0.3, 0.4) is 0 Å². The predicted octanol–water partition coefficient (Wildman–Crippen LogP) is 3.40. The Morgan fingerprint density at radius 1 is 1.33 bits per heavy atom. The molecule has 1 N–H and O–H groups in total. The molecule has 0 saturated carbocycles. The Morgan fingerprint density at radius 3 is 2.95 bits per heavy atom. The van der Waals surface area contributed by atoms with E-state index in [1.165, 1.54) is 18.5 Å². The second-order valence-corrected chi connectivity index (χ2v) is 4.78. The number of ether oxygens (including phenoxy) is 2. The van der Waals surface area contributed by atoms with Crippen LogP contribution in [0.15, 0.2) is 36.7 Å². The topological polar surface area (TPSA) is 43.4 Å². The number of hydrogen-bond acceptors (Lipinski definition) is 4. The van der Waals surface area contributed by atoms with Gasteiger partial charge in [-0.05, 0) is 6.07 Å². The Labute approximate surface area is 127 Å². The zero-order valence-electron chi connectivity index (χ0n) is 11.6.